The number of hydrogen-bond donors (Lipinski definition) is 2. The Hall–Kier alpha value is -3.89. The molecular weight excluding hydrogens is 474 g/mol. The molecule has 1 unspecified atom stereocenters. The van der Waals surface area contributed by atoms with Gasteiger partial charge in [-0.3, -0.25) is 14.5 Å². The number of carbonyl (C=O) groups is 1. The van der Waals surface area contributed by atoms with Crippen LogP contribution in [0, 0.1) is 11.8 Å². The Labute approximate surface area is 213 Å². The van der Waals surface area contributed by atoms with Crippen molar-refractivity contribution in [2.45, 2.75) is 19.3 Å². The van der Waals surface area contributed by atoms with Crippen LogP contribution in [0.1, 0.15) is 38.8 Å². The lowest BCUT2D eigenvalue weighted by Crippen LogP contribution is -2.37. The zero-order valence-corrected chi connectivity index (χ0v) is 20.4. The maximum Gasteiger partial charge on any atom is 0.257 e. The lowest BCUT2D eigenvalue weighted by molar-refractivity contribution is 0.0948. The Bertz CT molecular complexity index is 1570. The zero-order valence-electron chi connectivity index (χ0n) is 19.7. The predicted molar refractivity (Wildman–Crippen MR) is 141 cm³/mol. The predicted octanol–water partition coefficient (Wildman–Crippen LogP) is 3.92. The molecule has 1 aliphatic rings. The molecule has 180 valence electrons. The molecule has 4 aromatic rings. The highest BCUT2D eigenvalue weighted by Crippen LogP contribution is 2.34. The first-order valence-corrected chi connectivity index (χ1v) is 11.9. The van der Waals surface area contributed by atoms with Gasteiger partial charge in [-0.05, 0) is 48.0 Å². The summed E-state index contributed by atoms with van der Waals surface area (Å²) < 4.78 is 2.01. The average molecular weight is 498 g/mol. The number of pyridine rings is 1. The van der Waals surface area contributed by atoms with E-state index in [1.807, 2.05) is 60.1 Å². The number of halogens is 1. The maximum atomic E-state index is 13.6. The summed E-state index contributed by atoms with van der Waals surface area (Å²) in [7, 11) is 2.01. The summed E-state index contributed by atoms with van der Waals surface area (Å²) in [5, 5.41) is 13.1. The molecule has 5 rings (SSSR count). The minimum Gasteiger partial charge on any atom is -0.384 e. The first-order valence-electron chi connectivity index (χ1n) is 11.6. The van der Waals surface area contributed by atoms with Crippen LogP contribution in [-0.4, -0.2) is 34.1 Å². The van der Waals surface area contributed by atoms with Crippen molar-refractivity contribution in [2.75, 3.05) is 13.7 Å². The van der Waals surface area contributed by atoms with Gasteiger partial charge in [-0.1, -0.05) is 65.9 Å². The number of aliphatic hydroxyl groups excluding tert-OH is 1. The standard InChI is InChI=1S/C29H24ClN3O3/c1-32-17-22-14-20(6-5-13-34)15-24-26(22)33(29(32)21-7-3-2-4-8-21)18-25(27(24)35)28(36)31-16-19-9-11-23(30)12-10-19/h2-4,7-12,14-15,18,29,34H,13,16-17H2,1H3,(H,31,36). The summed E-state index contributed by atoms with van der Waals surface area (Å²) in [5.41, 5.74) is 3.99. The first-order chi connectivity index (χ1) is 17.5. The number of nitrogens with one attached hydrogen (secondary N) is 1. The fraction of sp³-hybridized carbons (Fsp3) is 0.172. The second kappa shape index (κ2) is 10.00. The summed E-state index contributed by atoms with van der Waals surface area (Å²) in [6, 6.07) is 20.8. The highest BCUT2D eigenvalue weighted by Gasteiger charge is 2.29. The minimum absolute atomic E-state index is 0.0610. The molecule has 0 aliphatic carbocycles. The van der Waals surface area contributed by atoms with Gasteiger partial charge in [-0.2, -0.15) is 0 Å². The highest BCUT2D eigenvalue weighted by atomic mass is 35.5. The molecule has 2 heterocycles. The second-order valence-electron chi connectivity index (χ2n) is 8.78. The van der Waals surface area contributed by atoms with Crippen molar-refractivity contribution in [1.82, 2.24) is 14.8 Å². The second-order valence-corrected chi connectivity index (χ2v) is 9.22. The van der Waals surface area contributed by atoms with Gasteiger partial charge in [0.1, 0.15) is 18.3 Å². The number of carbonyl (C=O) groups excluding carboxylic acids is 1. The van der Waals surface area contributed by atoms with Crippen LogP contribution in [0.5, 0.6) is 0 Å². The molecule has 1 atom stereocenters. The van der Waals surface area contributed by atoms with Crippen molar-refractivity contribution in [3.8, 4) is 11.8 Å². The Morgan fingerprint density at radius 2 is 1.89 bits per heavy atom. The van der Waals surface area contributed by atoms with Gasteiger partial charge in [0.15, 0.2) is 0 Å². The monoisotopic (exact) mass is 497 g/mol. The summed E-state index contributed by atoms with van der Waals surface area (Å²) >= 11 is 5.96. The van der Waals surface area contributed by atoms with E-state index in [0.717, 1.165) is 22.2 Å². The fourth-order valence-corrected chi connectivity index (χ4v) is 4.88. The van der Waals surface area contributed by atoms with E-state index in [4.69, 9.17) is 16.7 Å². The van der Waals surface area contributed by atoms with Gasteiger partial charge in [0.25, 0.3) is 5.91 Å². The lowest BCUT2D eigenvalue weighted by atomic mass is 9.98. The Morgan fingerprint density at radius 1 is 1.14 bits per heavy atom. The van der Waals surface area contributed by atoms with E-state index in [-0.39, 0.29) is 30.3 Å². The number of benzene rings is 3. The molecule has 7 heteroatoms. The van der Waals surface area contributed by atoms with Gasteiger partial charge in [0, 0.05) is 35.3 Å². The van der Waals surface area contributed by atoms with E-state index in [9.17, 15) is 9.59 Å². The third-order valence-corrected chi connectivity index (χ3v) is 6.58. The van der Waals surface area contributed by atoms with Crippen LogP contribution in [-0.2, 0) is 13.1 Å². The molecule has 0 saturated heterocycles. The number of hydrogen-bond acceptors (Lipinski definition) is 4. The zero-order chi connectivity index (χ0) is 25.2. The Morgan fingerprint density at radius 3 is 2.61 bits per heavy atom. The van der Waals surface area contributed by atoms with E-state index in [2.05, 4.69) is 22.1 Å². The average Bonchev–Trinajstić information content (AvgIpc) is 2.89. The van der Waals surface area contributed by atoms with Gasteiger partial charge in [-0.25, -0.2) is 0 Å². The molecule has 1 aromatic heterocycles. The largest absolute Gasteiger partial charge is 0.384 e. The molecule has 0 radical (unpaired) electrons. The summed E-state index contributed by atoms with van der Waals surface area (Å²) in [4.78, 5) is 29.1. The molecule has 0 fully saturated rings. The Kier molecular flexibility index (Phi) is 6.62. The first kappa shape index (κ1) is 23.8. The van der Waals surface area contributed by atoms with Crippen molar-refractivity contribution in [3.63, 3.8) is 0 Å². The third kappa shape index (κ3) is 4.52. The summed E-state index contributed by atoms with van der Waals surface area (Å²) in [6.45, 7) is 0.593. The van der Waals surface area contributed by atoms with Crippen LogP contribution < -0.4 is 10.7 Å². The van der Waals surface area contributed by atoms with Crippen molar-refractivity contribution in [2.24, 2.45) is 0 Å². The fourth-order valence-electron chi connectivity index (χ4n) is 4.76. The minimum atomic E-state index is -0.450. The quantitative estimate of drug-likeness (QED) is 0.419. The SMILES string of the molecule is CN1Cc2cc(C#CCO)cc3c(=O)c(C(=O)NCc4ccc(Cl)cc4)cn(c23)C1c1ccccc1. The van der Waals surface area contributed by atoms with E-state index in [1.54, 1.807) is 24.4 Å². The number of aromatic nitrogens is 1. The van der Waals surface area contributed by atoms with Crippen LogP contribution in [0.3, 0.4) is 0 Å². The molecule has 2 N–H and O–H groups in total. The van der Waals surface area contributed by atoms with Crippen molar-refractivity contribution in [1.29, 1.82) is 0 Å². The van der Waals surface area contributed by atoms with Crippen LogP contribution >= 0.6 is 11.6 Å². The van der Waals surface area contributed by atoms with Gasteiger partial charge in [0.05, 0.1) is 5.52 Å². The van der Waals surface area contributed by atoms with Crippen molar-refractivity contribution >= 4 is 28.4 Å². The molecule has 1 amide bonds. The summed E-state index contributed by atoms with van der Waals surface area (Å²) in [6.07, 6.45) is 1.47. The summed E-state index contributed by atoms with van der Waals surface area (Å²) in [5.74, 6) is 5.11. The highest BCUT2D eigenvalue weighted by molar-refractivity contribution is 6.30. The number of rotatable bonds is 4. The number of nitrogens with zero attached hydrogens (tertiary/aromatic N) is 2. The molecule has 3 aromatic carbocycles. The smallest absolute Gasteiger partial charge is 0.257 e. The molecule has 6 nitrogen and oxygen atoms in total. The molecular formula is C29H24ClN3O3. The van der Waals surface area contributed by atoms with Gasteiger partial charge in [-0.15, -0.1) is 0 Å². The van der Waals surface area contributed by atoms with Crippen molar-refractivity contribution in [3.05, 3.63) is 116 Å². The van der Waals surface area contributed by atoms with Crippen LogP contribution in [0.4, 0.5) is 0 Å². The normalized spacial score (nSPS) is 14.8. The van der Waals surface area contributed by atoms with Gasteiger partial charge >= 0.3 is 0 Å². The van der Waals surface area contributed by atoms with E-state index in [1.165, 1.54) is 0 Å². The topological polar surface area (TPSA) is 74.6 Å². The van der Waals surface area contributed by atoms with Gasteiger partial charge in [0.2, 0.25) is 5.43 Å². The molecule has 0 saturated carbocycles. The van der Waals surface area contributed by atoms with Crippen LogP contribution in [0.25, 0.3) is 10.9 Å². The van der Waals surface area contributed by atoms with E-state index in [0.29, 0.717) is 22.5 Å². The number of amides is 1. The number of aliphatic hydroxyl groups is 1. The Balaban J connectivity index is 1.66. The van der Waals surface area contributed by atoms with E-state index >= 15 is 0 Å². The molecule has 0 spiro atoms. The van der Waals surface area contributed by atoms with Crippen LogP contribution in [0.2, 0.25) is 5.02 Å². The van der Waals surface area contributed by atoms with Crippen molar-refractivity contribution < 1.29 is 9.90 Å². The lowest BCUT2D eigenvalue weighted by Gasteiger charge is -2.37. The van der Waals surface area contributed by atoms with E-state index < -0.39 is 5.91 Å². The third-order valence-electron chi connectivity index (χ3n) is 6.33. The van der Waals surface area contributed by atoms with Gasteiger partial charge < -0.3 is 15.0 Å². The van der Waals surface area contributed by atoms with Crippen LogP contribution in [0.15, 0.2) is 77.7 Å². The maximum absolute atomic E-state index is 13.6. The molecule has 1 aliphatic heterocycles. The molecule has 0 bridgehead atoms. The molecule has 36 heavy (non-hydrogen) atoms.